The second kappa shape index (κ2) is 6.89. The van der Waals surface area contributed by atoms with Crippen molar-refractivity contribution in [2.45, 2.75) is 33.1 Å². The van der Waals surface area contributed by atoms with Crippen LogP contribution in [0.5, 0.6) is 0 Å². The molecule has 2 rings (SSSR count). The quantitative estimate of drug-likeness (QED) is 0.730. The fourth-order valence-electron chi connectivity index (χ4n) is 1.50. The summed E-state index contributed by atoms with van der Waals surface area (Å²) in [7, 11) is 0. The summed E-state index contributed by atoms with van der Waals surface area (Å²) in [6.45, 7) is 4.22. The summed E-state index contributed by atoms with van der Waals surface area (Å²) < 4.78 is 0. The van der Waals surface area contributed by atoms with Crippen molar-refractivity contribution in [1.82, 2.24) is 0 Å². The highest BCUT2D eigenvalue weighted by atomic mass is 16.3. The predicted molar refractivity (Wildman–Crippen MR) is 69.5 cm³/mol. The largest absolute Gasteiger partial charge is 0.512 e. The van der Waals surface area contributed by atoms with Crippen LogP contribution in [0.15, 0.2) is 53.8 Å². The Bertz CT molecular complexity index is 360. The Morgan fingerprint density at radius 3 is 2.12 bits per heavy atom. The summed E-state index contributed by atoms with van der Waals surface area (Å²) in [5, 5.41) is 8.94. The van der Waals surface area contributed by atoms with E-state index in [1.54, 1.807) is 6.08 Å². The third-order valence-electron chi connectivity index (χ3n) is 2.61. The lowest BCUT2D eigenvalue weighted by Gasteiger charge is -2.07. The molecule has 1 aliphatic carbocycles. The van der Waals surface area contributed by atoms with Crippen LogP contribution >= 0.6 is 0 Å². The number of rotatable bonds is 1. The van der Waals surface area contributed by atoms with Gasteiger partial charge in [0.2, 0.25) is 0 Å². The molecule has 86 valence electrons. The highest BCUT2D eigenvalue weighted by molar-refractivity contribution is 5.19. The van der Waals surface area contributed by atoms with Crippen molar-refractivity contribution in [1.29, 1.82) is 0 Å². The molecule has 1 aromatic carbocycles. The first-order chi connectivity index (χ1) is 7.72. The first kappa shape index (κ1) is 12.6. The van der Waals surface area contributed by atoms with Gasteiger partial charge in [-0.2, -0.15) is 0 Å². The Hall–Kier alpha value is -1.50. The molecule has 0 spiro atoms. The van der Waals surface area contributed by atoms with E-state index in [0.29, 0.717) is 5.76 Å². The first-order valence-electron chi connectivity index (χ1n) is 5.81. The van der Waals surface area contributed by atoms with Gasteiger partial charge in [-0.3, -0.25) is 0 Å². The van der Waals surface area contributed by atoms with Crippen molar-refractivity contribution >= 4 is 0 Å². The molecule has 0 atom stereocenters. The van der Waals surface area contributed by atoms with Crippen molar-refractivity contribution in [2.75, 3.05) is 0 Å². The number of hydrogen-bond donors (Lipinski definition) is 1. The third-order valence-corrected chi connectivity index (χ3v) is 2.61. The van der Waals surface area contributed by atoms with Gasteiger partial charge in [-0.15, -0.1) is 0 Å². The van der Waals surface area contributed by atoms with Gasteiger partial charge in [-0.1, -0.05) is 54.5 Å². The van der Waals surface area contributed by atoms with Gasteiger partial charge in [0.15, 0.2) is 0 Å². The van der Waals surface area contributed by atoms with Crippen molar-refractivity contribution in [3.8, 4) is 0 Å². The molecule has 0 aromatic heterocycles. The molecule has 0 radical (unpaired) electrons. The zero-order valence-electron chi connectivity index (χ0n) is 10.1. The molecule has 0 unspecified atom stereocenters. The summed E-state index contributed by atoms with van der Waals surface area (Å²) in [5.41, 5.74) is 2.76. The summed E-state index contributed by atoms with van der Waals surface area (Å²) in [5.74, 6) is 0.521. The van der Waals surface area contributed by atoms with E-state index in [4.69, 9.17) is 5.11 Å². The van der Waals surface area contributed by atoms with E-state index in [9.17, 15) is 0 Å². The Balaban J connectivity index is 0.000000165. The third kappa shape index (κ3) is 4.83. The maximum atomic E-state index is 8.94. The zero-order valence-corrected chi connectivity index (χ0v) is 10.1. The van der Waals surface area contributed by atoms with Gasteiger partial charge in [0.1, 0.15) is 0 Å². The molecule has 1 N–H and O–H groups in total. The number of benzene rings is 1. The smallest absolute Gasteiger partial charge is 0.0925 e. The maximum Gasteiger partial charge on any atom is 0.0925 e. The van der Waals surface area contributed by atoms with E-state index in [1.807, 2.05) is 24.3 Å². The van der Waals surface area contributed by atoms with Crippen molar-refractivity contribution in [2.24, 2.45) is 0 Å². The SMILES string of the molecule is CCC1=CC=C(O)CC1.Cc1ccccc1. The lowest BCUT2D eigenvalue weighted by atomic mass is 10.0. The molecule has 0 saturated heterocycles. The van der Waals surface area contributed by atoms with Crippen LogP contribution in [0.4, 0.5) is 0 Å². The van der Waals surface area contributed by atoms with Crippen LogP contribution in [0.2, 0.25) is 0 Å². The predicted octanol–water partition coefficient (Wildman–Crippen LogP) is 4.55. The van der Waals surface area contributed by atoms with Gasteiger partial charge in [-0.05, 0) is 25.8 Å². The highest BCUT2D eigenvalue weighted by Crippen LogP contribution is 2.17. The van der Waals surface area contributed by atoms with Crippen LogP contribution < -0.4 is 0 Å². The average Bonchev–Trinajstić information content (AvgIpc) is 2.32. The maximum absolute atomic E-state index is 8.94. The van der Waals surface area contributed by atoms with Gasteiger partial charge in [0.05, 0.1) is 5.76 Å². The summed E-state index contributed by atoms with van der Waals surface area (Å²) in [6, 6.07) is 10.3. The monoisotopic (exact) mass is 216 g/mol. The summed E-state index contributed by atoms with van der Waals surface area (Å²) in [6.07, 6.45) is 6.80. The van der Waals surface area contributed by atoms with E-state index in [1.165, 1.54) is 11.1 Å². The van der Waals surface area contributed by atoms with Crippen LogP contribution in [0, 0.1) is 6.92 Å². The molecule has 1 nitrogen and oxygen atoms in total. The van der Waals surface area contributed by atoms with E-state index >= 15 is 0 Å². The second-order valence-electron chi connectivity index (χ2n) is 3.99. The number of aryl methyl sites for hydroxylation is 1. The Morgan fingerprint density at radius 2 is 1.75 bits per heavy atom. The fraction of sp³-hybridized carbons (Fsp3) is 0.333. The molecular formula is C15H20O. The lowest BCUT2D eigenvalue weighted by molar-refractivity contribution is 0.385. The van der Waals surface area contributed by atoms with Crippen molar-refractivity contribution in [3.63, 3.8) is 0 Å². The molecule has 0 saturated carbocycles. The van der Waals surface area contributed by atoms with Gasteiger partial charge >= 0.3 is 0 Å². The zero-order chi connectivity index (χ0) is 11.8. The molecular weight excluding hydrogens is 196 g/mol. The minimum Gasteiger partial charge on any atom is -0.512 e. The molecule has 0 amide bonds. The summed E-state index contributed by atoms with van der Waals surface area (Å²) in [4.78, 5) is 0. The first-order valence-corrected chi connectivity index (χ1v) is 5.81. The van der Waals surface area contributed by atoms with Crippen LogP contribution in [0.25, 0.3) is 0 Å². The number of aliphatic hydroxyl groups is 1. The topological polar surface area (TPSA) is 20.2 Å². The van der Waals surface area contributed by atoms with E-state index in [-0.39, 0.29) is 0 Å². The number of aliphatic hydroxyl groups excluding tert-OH is 1. The summed E-state index contributed by atoms with van der Waals surface area (Å²) >= 11 is 0. The van der Waals surface area contributed by atoms with Crippen LogP contribution in [-0.4, -0.2) is 5.11 Å². The second-order valence-corrected chi connectivity index (χ2v) is 3.99. The van der Waals surface area contributed by atoms with Crippen LogP contribution in [-0.2, 0) is 0 Å². The number of hydrogen-bond acceptors (Lipinski definition) is 1. The van der Waals surface area contributed by atoms with Gasteiger partial charge in [-0.25, -0.2) is 0 Å². The number of allylic oxidation sites excluding steroid dienone is 4. The van der Waals surface area contributed by atoms with Gasteiger partial charge < -0.3 is 5.11 Å². The standard InChI is InChI=1S/C8H12O.C7H8/c1-2-7-3-5-8(9)6-4-7;1-7-5-3-2-4-6-7/h3,5,9H,2,4,6H2,1H3;2-6H,1H3. The Morgan fingerprint density at radius 1 is 1.06 bits per heavy atom. The Labute approximate surface area is 98.1 Å². The van der Waals surface area contributed by atoms with E-state index < -0.39 is 0 Å². The van der Waals surface area contributed by atoms with Gasteiger partial charge in [0.25, 0.3) is 0 Å². The molecule has 0 heterocycles. The van der Waals surface area contributed by atoms with Crippen LogP contribution in [0.1, 0.15) is 31.7 Å². The van der Waals surface area contributed by atoms with Crippen molar-refractivity contribution in [3.05, 3.63) is 59.4 Å². The lowest BCUT2D eigenvalue weighted by Crippen LogP contribution is -1.90. The molecule has 16 heavy (non-hydrogen) atoms. The molecule has 0 fully saturated rings. The van der Waals surface area contributed by atoms with Crippen LogP contribution in [0.3, 0.4) is 0 Å². The Kier molecular flexibility index (Phi) is 5.41. The van der Waals surface area contributed by atoms with E-state index in [2.05, 4.69) is 26.0 Å². The van der Waals surface area contributed by atoms with E-state index in [0.717, 1.165) is 19.3 Å². The minimum absolute atomic E-state index is 0.521. The van der Waals surface area contributed by atoms with Gasteiger partial charge in [0, 0.05) is 6.42 Å². The fourth-order valence-corrected chi connectivity index (χ4v) is 1.50. The molecule has 1 heteroatoms. The minimum atomic E-state index is 0.521. The average molecular weight is 216 g/mol. The normalized spacial score (nSPS) is 14.4. The molecule has 0 bridgehead atoms. The van der Waals surface area contributed by atoms with Crippen molar-refractivity contribution < 1.29 is 5.11 Å². The molecule has 0 aliphatic heterocycles. The molecule has 1 aliphatic rings. The molecule has 1 aromatic rings. The highest BCUT2D eigenvalue weighted by Gasteiger charge is 2.01.